The molecule has 0 unspecified atom stereocenters. The maximum atomic E-state index is 6.08. The zero-order valence-electron chi connectivity index (χ0n) is 33.7. The highest BCUT2D eigenvalue weighted by atomic mass is 35.5. The average Bonchev–Trinajstić information content (AvgIpc) is 3.17. The molecule has 0 saturated heterocycles. The lowest BCUT2D eigenvalue weighted by Gasteiger charge is -2.19. The van der Waals surface area contributed by atoms with Crippen LogP contribution in [0.3, 0.4) is 0 Å². The quantitative estimate of drug-likeness (QED) is 0.0258. The third-order valence-corrected chi connectivity index (χ3v) is 9.63. The summed E-state index contributed by atoms with van der Waals surface area (Å²) in [4.78, 5) is 18.2. The summed E-state index contributed by atoms with van der Waals surface area (Å²) in [5, 5.41) is 5.15. The molecule has 1 aromatic carbocycles. The van der Waals surface area contributed by atoms with Crippen LogP contribution in [0.25, 0.3) is 0 Å². The van der Waals surface area contributed by atoms with E-state index in [0.29, 0.717) is 76.3 Å². The summed E-state index contributed by atoms with van der Waals surface area (Å²) in [6.45, 7) is 14.3. The minimum atomic E-state index is -0.553. The van der Waals surface area contributed by atoms with Gasteiger partial charge in [-0.05, 0) is 40.5 Å². The van der Waals surface area contributed by atoms with Gasteiger partial charge in [0.05, 0.1) is 21.3 Å². The van der Waals surface area contributed by atoms with E-state index in [-0.39, 0.29) is 0 Å². The molecule has 0 aliphatic rings. The Bertz CT molecular complexity index is 1430. The van der Waals surface area contributed by atoms with Crippen molar-refractivity contribution >= 4 is 46.6 Å². The van der Waals surface area contributed by atoms with Crippen molar-refractivity contribution in [2.24, 2.45) is 0 Å². The summed E-state index contributed by atoms with van der Waals surface area (Å²) in [5.74, 6) is 4.25. The molecular formula is C39H62ClN5O7S2. The Hall–Kier alpha value is -2.59. The first-order chi connectivity index (χ1) is 26.3. The first kappa shape index (κ1) is 47.6. The zero-order valence-corrected chi connectivity index (χ0v) is 36.1. The molecule has 0 saturated carbocycles. The normalized spacial score (nSPS) is 11.1. The van der Waals surface area contributed by atoms with Crippen LogP contribution in [0.5, 0.6) is 17.2 Å². The van der Waals surface area contributed by atoms with Gasteiger partial charge in [-0.2, -0.15) is 0 Å². The highest BCUT2D eigenvalue weighted by Gasteiger charge is 2.19. The van der Waals surface area contributed by atoms with Gasteiger partial charge in [0.2, 0.25) is 18.3 Å². The standard InChI is InChI=1S/C24H37N3O5S.C15H25ClN2O2S/c1-7-10-11-12-13-33-24-26-18(23(31-8-2)32-9-3)16-21(27-24)25-17-14-19(28-4)22(30-6)20(15-17)29-5;1-4-7-8-9-10-21-15-17-12(11-13(16)18-15)14(19-5-2)20-6-3/h14-16,23H,7-13H2,1-6H3,(H,25,26,27);11,14H,4-10H2,1-3H3. The third kappa shape index (κ3) is 17.5. The van der Waals surface area contributed by atoms with E-state index in [1.54, 1.807) is 50.9 Å². The van der Waals surface area contributed by atoms with Crippen LogP contribution in [-0.2, 0) is 18.9 Å². The number of halogens is 1. The van der Waals surface area contributed by atoms with Crippen molar-refractivity contribution in [2.45, 2.75) is 116 Å². The maximum Gasteiger partial charge on any atom is 0.203 e. The van der Waals surface area contributed by atoms with E-state index in [1.807, 2.05) is 45.9 Å². The molecule has 3 aromatic rings. The van der Waals surface area contributed by atoms with Crippen LogP contribution in [0.15, 0.2) is 34.6 Å². The van der Waals surface area contributed by atoms with E-state index in [9.17, 15) is 0 Å². The number of thioether (sulfide) groups is 2. The highest BCUT2D eigenvalue weighted by molar-refractivity contribution is 7.99. The lowest BCUT2D eigenvalue weighted by Crippen LogP contribution is -2.12. The molecule has 0 spiro atoms. The topological polar surface area (TPSA) is 128 Å². The fourth-order valence-electron chi connectivity index (χ4n) is 5.02. The van der Waals surface area contributed by atoms with Crippen LogP contribution >= 0.6 is 35.1 Å². The van der Waals surface area contributed by atoms with Crippen LogP contribution < -0.4 is 19.5 Å². The number of nitrogens with zero attached hydrogens (tertiary/aromatic N) is 4. The van der Waals surface area contributed by atoms with Gasteiger partial charge in [-0.25, -0.2) is 19.9 Å². The molecule has 12 nitrogen and oxygen atoms in total. The van der Waals surface area contributed by atoms with E-state index in [4.69, 9.17) is 54.7 Å². The molecule has 1 N–H and O–H groups in total. The second-order valence-corrected chi connectivity index (χ2v) is 14.2. The van der Waals surface area contributed by atoms with Crippen molar-refractivity contribution in [1.29, 1.82) is 0 Å². The smallest absolute Gasteiger partial charge is 0.203 e. The molecule has 0 aliphatic heterocycles. The van der Waals surface area contributed by atoms with E-state index in [2.05, 4.69) is 29.1 Å². The number of hydrogen-bond acceptors (Lipinski definition) is 14. The van der Waals surface area contributed by atoms with Crippen molar-refractivity contribution in [3.8, 4) is 17.2 Å². The SMILES string of the molecule is CCCCCCSc1nc(Cl)cc(C(OCC)OCC)n1.CCCCCCSc1nc(Nc2cc(OC)c(OC)c(OC)c2)cc(C(OCC)OCC)n1. The summed E-state index contributed by atoms with van der Waals surface area (Å²) in [6.07, 6.45) is 8.70. The monoisotopic (exact) mass is 811 g/mol. The zero-order chi connectivity index (χ0) is 39.6. The number of methoxy groups -OCH3 is 3. The van der Waals surface area contributed by atoms with Gasteiger partial charge < -0.3 is 38.5 Å². The minimum absolute atomic E-state index is 0.431. The summed E-state index contributed by atoms with van der Waals surface area (Å²) >= 11 is 9.36. The van der Waals surface area contributed by atoms with Gasteiger partial charge in [0, 0.05) is 67.9 Å². The van der Waals surface area contributed by atoms with Crippen molar-refractivity contribution in [3.05, 3.63) is 40.8 Å². The number of benzene rings is 1. The largest absolute Gasteiger partial charge is 0.493 e. The molecule has 0 bridgehead atoms. The van der Waals surface area contributed by atoms with Crippen LogP contribution in [0.1, 0.15) is 117 Å². The Morgan fingerprint density at radius 2 is 1.04 bits per heavy atom. The number of unbranched alkanes of at least 4 members (excludes halogenated alkanes) is 6. The molecule has 54 heavy (non-hydrogen) atoms. The Labute approximate surface area is 336 Å². The molecule has 2 heterocycles. The number of hydrogen-bond donors (Lipinski definition) is 1. The summed E-state index contributed by atoms with van der Waals surface area (Å²) in [7, 11) is 4.76. The highest BCUT2D eigenvalue weighted by Crippen LogP contribution is 2.40. The number of aromatic nitrogens is 4. The van der Waals surface area contributed by atoms with Gasteiger partial charge in [0.15, 0.2) is 21.8 Å². The average molecular weight is 813 g/mol. The van der Waals surface area contributed by atoms with Crippen molar-refractivity contribution < 1.29 is 33.2 Å². The molecule has 15 heteroatoms. The fourth-order valence-corrected chi connectivity index (χ4v) is 6.99. The summed E-state index contributed by atoms with van der Waals surface area (Å²) in [6, 6.07) is 7.23. The molecule has 304 valence electrons. The van der Waals surface area contributed by atoms with Gasteiger partial charge in [-0.1, -0.05) is 87.5 Å². The summed E-state index contributed by atoms with van der Waals surface area (Å²) in [5.41, 5.74) is 2.12. The molecule has 0 atom stereocenters. The second kappa shape index (κ2) is 28.8. The summed E-state index contributed by atoms with van der Waals surface area (Å²) < 4.78 is 39.0. The molecule has 0 amide bonds. The van der Waals surface area contributed by atoms with Crippen LogP contribution in [-0.4, -0.2) is 79.2 Å². The molecule has 0 fully saturated rings. The number of nitrogens with one attached hydrogen (secondary N) is 1. The van der Waals surface area contributed by atoms with Crippen LogP contribution in [0, 0.1) is 0 Å². The number of rotatable bonds is 27. The maximum absolute atomic E-state index is 6.08. The minimum Gasteiger partial charge on any atom is -0.493 e. The Morgan fingerprint density at radius 1 is 0.574 bits per heavy atom. The van der Waals surface area contributed by atoms with Gasteiger partial charge >= 0.3 is 0 Å². The van der Waals surface area contributed by atoms with E-state index >= 15 is 0 Å². The Kier molecular flexibility index (Phi) is 25.3. The van der Waals surface area contributed by atoms with Crippen molar-refractivity contribution in [3.63, 3.8) is 0 Å². The van der Waals surface area contributed by atoms with Crippen LogP contribution in [0.2, 0.25) is 5.15 Å². The van der Waals surface area contributed by atoms with Crippen molar-refractivity contribution in [2.75, 3.05) is 64.6 Å². The Morgan fingerprint density at radius 3 is 1.46 bits per heavy atom. The van der Waals surface area contributed by atoms with Gasteiger partial charge in [-0.3, -0.25) is 0 Å². The first-order valence-electron chi connectivity index (χ1n) is 19.0. The van der Waals surface area contributed by atoms with E-state index < -0.39 is 12.6 Å². The lowest BCUT2D eigenvalue weighted by molar-refractivity contribution is -0.143. The molecular weight excluding hydrogens is 750 g/mol. The third-order valence-electron chi connectivity index (χ3n) is 7.57. The second-order valence-electron chi connectivity index (χ2n) is 11.7. The van der Waals surface area contributed by atoms with Gasteiger partial charge in [0.25, 0.3) is 0 Å². The Balaban J connectivity index is 0.000000413. The van der Waals surface area contributed by atoms with Crippen LogP contribution in [0.4, 0.5) is 11.5 Å². The molecule has 3 rings (SSSR count). The number of anilines is 2. The number of ether oxygens (including phenoxy) is 7. The lowest BCUT2D eigenvalue weighted by atomic mass is 10.2. The predicted molar refractivity (Wildman–Crippen MR) is 220 cm³/mol. The van der Waals surface area contributed by atoms with E-state index in [0.717, 1.165) is 23.6 Å². The predicted octanol–water partition coefficient (Wildman–Crippen LogP) is 10.9. The molecule has 0 radical (unpaired) electrons. The van der Waals surface area contributed by atoms with Gasteiger partial charge in [0.1, 0.15) is 22.4 Å². The van der Waals surface area contributed by atoms with E-state index in [1.165, 1.54) is 44.9 Å². The van der Waals surface area contributed by atoms with Crippen molar-refractivity contribution in [1.82, 2.24) is 19.9 Å². The first-order valence-corrected chi connectivity index (χ1v) is 21.4. The fraction of sp³-hybridized carbons (Fsp3) is 0.641. The molecule has 0 aliphatic carbocycles. The van der Waals surface area contributed by atoms with Gasteiger partial charge in [-0.15, -0.1) is 0 Å². The molecule has 2 aromatic heterocycles.